The number of aromatic nitrogens is 1. The van der Waals surface area contributed by atoms with Crippen molar-refractivity contribution in [3.63, 3.8) is 0 Å². The van der Waals surface area contributed by atoms with E-state index in [-0.39, 0.29) is 0 Å². The lowest BCUT2D eigenvalue weighted by molar-refractivity contribution is 0.152. The van der Waals surface area contributed by atoms with Gasteiger partial charge in [0.1, 0.15) is 5.69 Å². The van der Waals surface area contributed by atoms with Crippen LogP contribution in [0.3, 0.4) is 0 Å². The van der Waals surface area contributed by atoms with Crippen molar-refractivity contribution < 1.29 is 9.26 Å². The van der Waals surface area contributed by atoms with Gasteiger partial charge in [-0.25, -0.2) is 4.99 Å². The third-order valence-corrected chi connectivity index (χ3v) is 3.10. The highest BCUT2D eigenvalue weighted by molar-refractivity contribution is 5.79. The van der Waals surface area contributed by atoms with Gasteiger partial charge in [0, 0.05) is 31.3 Å². The molecule has 6 heteroatoms. The van der Waals surface area contributed by atoms with Crippen molar-refractivity contribution >= 4 is 5.96 Å². The van der Waals surface area contributed by atoms with Crippen LogP contribution in [0, 0.1) is 0 Å². The average molecular weight is 316 g/mol. The minimum atomic E-state index is 0.459. The molecule has 0 amide bonds. The lowest BCUT2D eigenvalue weighted by Gasteiger charge is -2.10. The lowest BCUT2D eigenvalue weighted by atomic mass is 10.2. The average Bonchev–Trinajstić information content (AvgIpc) is 3.06. The second-order valence-electron chi connectivity index (χ2n) is 4.87. The number of nitrogens with one attached hydrogen (secondary N) is 2. The molecule has 124 valence electrons. The summed E-state index contributed by atoms with van der Waals surface area (Å²) in [5.41, 5.74) is 1.81. The summed E-state index contributed by atoms with van der Waals surface area (Å²) in [6.45, 7) is 7.36. The fourth-order valence-electron chi connectivity index (χ4n) is 2.01. The van der Waals surface area contributed by atoms with Gasteiger partial charge in [-0.15, -0.1) is 0 Å². The highest BCUT2D eigenvalue weighted by atomic mass is 16.5. The Balaban J connectivity index is 1.92. The Hall–Kier alpha value is -2.34. The molecule has 2 rings (SSSR count). The zero-order valence-electron chi connectivity index (χ0n) is 13.7. The molecule has 2 N–H and O–H groups in total. The summed E-state index contributed by atoms with van der Waals surface area (Å²) in [6.07, 6.45) is 0. The molecule has 23 heavy (non-hydrogen) atoms. The number of hydrogen-bond donors (Lipinski definition) is 2. The van der Waals surface area contributed by atoms with E-state index in [0.717, 1.165) is 36.1 Å². The van der Waals surface area contributed by atoms with Gasteiger partial charge in [-0.1, -0.05) is 35.5 Å². The fourth-order valence-corrected chi connectivity index (χ4v) is 2.01. The van der Waals surface area contributed by atoms with Crippen LogP contribution in [0.25, 0.3) is 11.3 Å². The standard InChI is InChI=1S/C17H24N4O2/c1-3-18-17(19-10-11-22-4-2)20-13-15-12-16(23-21-15)14-8-6-5-7-9-14/h5-9,12H,3-4,10-11,13H2,1-2H3,(H2,18,19,20). The molecule has 0 aliphatic heterocycles. The number of nitrogens with zero attached hydrogens (tertiary/aromatic N) is 2. The van der Waals surface area contributed by atoms with Crippen molar-refractivity contribution in [2.24, 2.45) is 4.99 Å². The van der Waals surface area contributed by atoms with E-state index < -0.39 is 0 Å². The Labute approximate surface area is 136 Å². The van der Waals surface area contributed by atoms with Gasteiger partial charge >= 0.3 is 0 Å². The molecule has 0 aliphatic carbocycles. The first-order valence-corrected chi connectivity index (χ1v) is 7.94. The predicted molar refractivity (Wildman–Crippen MR) is 91.3 cm³/mol. The van der Waals surface area contributed by atoms with Crippen LogP contribution in [0.5, 0.6) is 0 Å². The number of rotatable bonds is 8. The van der Waals surface area contributed by atoms with E-state index in [2.05, 4.69) is 20.8 Å². The Morgan fingerprint density at radius 1 is 1.22 bits per heavy atom. The molecule has 0 saturated heterocycles. The highest BCUT2D eigenvalue weighted by Crippen LogP contribution is 2.19. The summed E-state index contributed by atoms with van der Waals surface area (Å²) in [5, 5.41) is 10.5. The molecule has 1 aromatic carbocycles. The summed E-state index contributed by atoms with van der Waals surface area (Å²) >= 11 is 0. The molecule has 1 heterocycles. The van der Waals surface area contributed by atoms with Crippen molar-refractivity contribution in [1.29, 1.82) is 0 Å². The van der Waals surface area contributed by atoms with E-state index in [9.17, 15) is 0 Å². The minimum absolute atomic E-state index is 0.459. The van der Waals surface area contributed by atoms with E-state index >= 15 is 0 Å². The number of benzene rings is 1. The van der Waals surface area contributed by atoms with Gasteiger partial charge in [0.25, 0.3) is 0 Å². The van der Waals surface area contributed by atoms with Crippen molar-refractivity contribution in [1.82, 2.24) is 15.8 Å². The van der Waals surface area contributed by atoms with Crippen LogP contribution in [0.1, 0.15) is 19.5 Å². The molecule has 1 aromatic heterocycles. The zero-order valence-corrected chi connectivity index (χ0v) is 13.7. The maximum Gasteiger partial charge on any atom is 0.191 e. The smallest absolute Gasteiger partial charge is 0.191 e. The first kappa shape index (κ1) is 17.0. The van der Waals surface area contributed by atoms with Crippen molar-refractivity contribution in [2.75, 3.05) is 26.3 Å². The van der Waals surface area contributed by atoms with Gasteiger partial charge in [-0.05, 0) is 13.8 Å². The number of hydrogen-bond acceptors (Lipinski definition) is 4. The molecule has 6 nitrogen and oxygen atoms in total. The van der Waals surface area contributed by atoms with Crippen molar-refractivity contribution in [3.8, 4) is 11.3 Å². The topological polar surface area (TPSA) is 71.7 Å². The molecular weight excluding hydrogens is 292 g/mol. The predicted octanol–water partition coefficient (Wildman–Crippen LogP) is 2.43. The SMILES string of the molecule is CCNC(=NCc1cc(-c2ccccc2)on1)NCCOCC. The Kier molecular flexibility index (Phi) is 7.13. The summed E-state index contributed by atoms with van der Waals surface area (Å²) in [4.78, 5) is 4.50. The number of guanidine groups is 1. The van der Waals surface area contributed by atoms with Crippen LogP contribution >= 0.6 is 0 Å². The van der Waals surface area contributed by atoms with E-state index in [1.165, 1.54) is 0 Å². The Bertz CT molecular complexity index is 596. The molecule has 0 atom stereocenters. The lowest BCUT2D eigenvalue weighted by Crippen LogP contribution is -2.39. The third kappa shape index (κ3) is 5.75. The second kappa shape index (κ2) is 9.63. The van der Waals surface area contributed by atoms with Crippen LogP contribution in [-0.4, -0.2) is 37.4 Å². The summed E-state index contributed by atoms with van der Waals surface area (Å²) in [6, 6.07) is 11.8. The maximum atomic E-state index is 5.38. The van der Waals surface area contributed by atoms with E-state index in [0.29, 0.717) is 19.7 Å². The molecule has 0 saturated carbocycles. The van der Waals surface area contributed by atoms with Crippen LogP contribution in [-0.2, 0) is 11.3 Å². The van der Waals surface area contributed by atoms with E-state index in [1.807, 2.05) is 50.2 Å². The number of aliphatic imine (C=N–C) groups is 1. The Morgan fingerprint density at radius 2 is 2.04 bits per heavy atom. The van der Waals surface area contributed by atoms with Gasteiger partial charge in [0.05, 0.1) is 13.2 Å². The highest BCUT2D eigenvalue weighted by Gasteiger charge is 2.06. The van der Waals surface area contributed by atoms with Crippen molar-refractivity contribution in [2.45, 2.75) is 20.4 Å². The fraction of sp³-hybridized carbons (Fsp3) is 0.412. The summed E-state index contributed by atoms with van der Waals surface area (Å²) < 4.78 is 10.7. The van der Waals surface area contributed by atoms with Crippen LogP contribution in [0.2, 0.25) is 0 Å². The first-order chi connectivity index (χ1) is 11.3. The Morgan fingerprint density at radius 3 is 2.78 bits per heavy atom. The van der Waals surface area contributed by atoms with Crippen molar-refractivity contribution in [3.05, 3.63) is 42.1 Å². The van der Waals surface area contributed by atoms with E-state index in [1.54, 1.807) is 0 Å². The minimum Gasteiger partial charge on any atom is -0.380 e. The normalized spacial score (nSPS) is 11.5. The summed E-state index contributed by atoms with van der Waals surface area (Å²) in [5.74, 6) is 1.50. The van der Waals surface area contributed by atoms with Gasteiger partial charge < -0.3 is 19.9 Å². The molecule has 0 bridgehead atoms. The third-order valence-electron chi connectivity index (χ3n) is 3.10. The molecule has 2 aromatic rings. The van der Waals surface area contributed by atoms with Crippen LogP contribution in [0.4, 0.5) is 0 Å². The van der Waals surface area contributed by atoms with E-state index in [4.69, 9.17) is 9.26 Å². The molecule has 0 aliphatic rings. The molecule has 0 fully saturated rings. The van der Waals surface area contributed by atoms with Gasteiger partial charge in [0.15, 0.2) is 11.7 Å². The van der Waals surface area contributed by atoms with Gasteiger partial charge in [-0.3, -0.25) is 0 Å². The molecule has 0 spiro atoms. The summed E-state index contributed by atoms with van der Waals surface area (Å²) in [7, 11) is 0. The monoisotopic (exact) mass is 316 g/mol. The van der Waals surface area contributed by atoms with Crippen LogP contribution in [0.15, 0.2) is 45.9 Å². The first-order valence-electron chi connectivity index (χ1n) is 7.94. The van der Waals surface area contributed by atoms with Crippen LogP contribution < -0.4 is 10.6 Å². The maximum absolute atomic E-state index is 5.38. The molecule has 0 radical (unpaired) electrons. The zero-order chi connectivity index (χ0) is 16.3. The molecule has 0 unspecified atom stereocenters. The van der Waals surface area contributed by atoms with Gasteiger partial charge in [0.2, 0.25) is 0 Å². The van der Waals surface area contributed by atoms with Gasteiger partial charge in [-0.2, -0.15) is 0 Å². The molecular formula is C17H24N4O2. The largest absolute Gasteiger partial charge is 0.380 e. The quantitative estimate of drug-likeness (QED) is 0.445. The number of ether oxygens (including phenoxy) is 1. The second-order valence-corrected chi connectivity index (χ2v) is 4.87.